The minimum absolute atomic E-state index is 0.0767. The maximum Gasteiger partial charge on any atom is 0.341 e. The number of rotatable bonds is 8. The molecule has 3 aromatic carbocycles. The fourth-order valence-corrected chi connectivity index (χ4v) is 5.62. The van der Waals surface area contributed by atoms with Crippen LogP contribution in [-0.4, -0.2) is 28.3 Å². The van der Waals surface area contributed by atoms with E-state index in [1.807, 2.05) is 30.5 Å². The van der Waals surface area contributed by atoms with Gasteiger partial charge in [0, 0.05) is 28.0 Å². The van der Waals surface area contributed by atoms with E-state index in [-0.39, 0.29) is 29.0 Å². The van der Waals surface area contributed by atoms with Crippen molar-refractivity contribution in [2.75, 3.05) is 7.11 Å². The van der Waals surface area contributed by atoms with Crippen LogP contribution in [0.3, 0.4) is 0 Å². The van der Waals surface area contributed by atoms with Gasteiger partial charge in [-0.3, -0.25) is 4.57 Å². The van der Waals surface area contributed by atoms with Crippen molar-refractivity contribution >= 4 is 35.0 Å². The first-order chi connectivity index (χ1) is 19.1. The number of ether oxygens (including phenoxy) is 1. The van der Waals surface area contributed by atoms with E-state index >= 15 is 8.78 Å². The number of carbonyl (C=O) groups excluding carboxylic acids is 1. The number of methoxy groups -OCH3 is 1. The number of aromatic nitrogens is 2. The number of hydrogen-bond acceptors (Lipinski definition) is 6. The third kappa shape index (κ3) is 5.33. The van der Waals surface area contributed by atoms with Gasteiger partial charge in [0.05, 0.1) is 36.2 Å². The summed E-state index contributed by atoms with van der Waals surface area (Å²) in [5, 5.41) is 4.51. The highest BCUT2D eigenvalue weighted by molar-refractivity contribution is 7.98. The van der Waals surface area contributed by atoms with Gasteiger partial charge in [-0.05, 0) is 54.1 Å². The molecule has 6 nitrogen and oxygen atoms in total. The Morgan fingerprint density at radius 2 is 1.77 bits per heavy atom. The summed E-state index contributed by atoms with van der Waals surface area (Å²) in [5.74, 6) is -2.10. The Morgan fingerprint density at radius 3 is 2.40 bits per heavy atom. The van der Waals surface area contributed by atoms with Crippen molar-refractivity contribution in [2.24, 2.45) is 5.16 Å². The zero-order chi connectivity index (χ0) is 28.6. The highest BCUT2D eigenvalue weighted by atomic mass is 35.5. The zero-order valence-electron chi connectivity index (χ0n) is 21.7. The van der Waals surface area contributed by atoms with Crippen molar-refractivity contribution in [3.63, 3.8) is 0 Å². The molecular formula is C29H23ClF3N3O3S. The molecule has 0 amide bonds. The Morgan fingerprint density at radius 1 is 1.07 bits per heavy atom. The SMILES string of the molecule is COc1cc(C(C)(C)c2cnc(SCc3c(F)cc(C4=NOC(=O)C4)cc3F)n2-c2ccc(F)cc2)ccc1Cl. The molecule has 0 atom stereocenters. The van der Waals surface area contributed by atoms with E-state index in [9.17, 15) is 9.18 Å². The predicted octanol–water partition coefficient (Wildman–Crippen LogP) is 7.22. The van der Waals surface area contributed by atoms with Crippen molar-refractivity contribution in [2.45, 2.75) is 36.6 Å². The van der Waals surface area contributed by atoms with Crippen LogP contribution in [0.1, 0.15) is 42.7 Å². The van der Waals surface area contributed by atoms with Crippen molar-refractivity contribution in [1.82, 2.24) is 9.55 Å². The van der Waals surface area contributed by atoms with Crippen LogP contribution in [0.25, 0.3) is 5.69 Å². The first-order valence-corrected chi connectivity index (χ1v) is 13.5. The summed E-state index contributed by atoms with van der Waals surface area (Å²) in [5.41, 5.74) is 1.80. The topological polar surface area (TPSA) is 65.7 Å². The van der Waals surface area contributed by atoms with Gasteiger partial charge in [0.2, 0.25) is 0 Å². The molecule has 0 aliphatic carbocycles. The fraction of sp³-hybridized carbons (Fsp3) is 0.207. The number of thioether (sulfide) groups is 1. The molecule has 1 aromatic heterocycles. The summed E-state index contributed by atoms with van der Waals surface area (Å²) >= 11 is 7.38. The summed E-state index contributed by atoms with van der Waals surface area (Å²) < 4.78 is 51.1. The molecule has 0 N–H and O–H groups in total. The number of oxime groups is 1. The minimum atomic E-state index is -0.779. The van der Waals surface area contributed by atoms with Gasteiger partial charge in [-0.25, -0.2) is 22.9 Å². The molecule has 206 valence electrons. The van der Waals surface area contributed by atoms with Crippen molar-refractivity contribution in [3.8, 4) is 11.4 Å². The van der Waals surface area contributed by atoms with Crippen LogP contribution in [0, 0.1) is 17.5 Å². The number of benzene rings is 3. The van der Waals surface area contributed by atoms with Gasteiger partial charge >= 0.3 is 5.97 Å². The molecule has 5 rings (SSSR count). The van der Waals surface area contributed by atoms with E-state index in [4.69, 9.17) is 16.3 Å². The molecule has 0 fully saturated rings. The standard InChI is InChI=1S/C29H23ClF3N3O3S/c1-29(2,17-4-9-21(30)25(12-17)38-3)26-14-34-28(36(26)19-7-5-18(31)6-8-19)40-15-20-22(32)10-16(11-23(20)33)24-13-27(37)39-35-24/h4-12,14H,13,15H2,1-3H3. The molecule has 0 bridgehead atoms. The number of nitrogens with zero attached hydrogens (tertiary/aromatic N) is 3. The molecule has 0 spiro atoms. The summed E-state index contributed by atoms with van der Waals surface area (Å²) in [6.45, 7) is 4.00. The van der Waals surface area contributed by atoms with Crippen LogP contribution in [0.4, 0.5) is 13.2 Å². The van der Waals surface area contributed by atoms with Crippen LogP contribution < -0.4 is 4.74 Å². The van der Waals surface area contributed by atoms with Gasteiger partial charge in [-0.15, -0.1) is 0 Å². The third-order valence-electron chi connectivity index (χ3n) is 6.72. The van der Waals surface area contributed by atoms with Gasteiger partial charge < -0.3 is 9.57 Å². The Bertz CT molecular complexity index is 1610. The smallest absolute Gasteiger partial charge is 0.341 e. The van der Waals surface area contributed by atoms with E-state index in [2.05, 4.69) is 15.0 Å². The average Bonchev–Trinajstić information content (AvgIpc) is 3.55. The fourth-order valence-electron chi connectivity index (χ4n) is 4.42. The van der Waals surface area contributed by atoms with Crippen LogP contribution in [-0.2, 0) is 20.8 Å². The maximum absolute atomic E-state index is 15.0. The van der Waals surface area contributed by atoms with E-state index in [1.54, 1.807) is 24.4 Å². The van der Waals surface area contributed by atoms with E-state index in [1.165, 1.54) is 19.2 Å². The first-order valence-electron chi connectivity index (χ1n) is 12.1. The lowest BCUT2D eigenvalue weighted by molar-refractivity contribution is -0.140. The number of imidazole rings is 1. The maximum atomic E-state index is 15.0. The van der Waals surface area contributed by atoms with Crippen molar-refractivity contribution < 1.29 is 27.5 Å². The van der Waals surface area contributed by atoms with E-state index in [0.717, 1.165) is 35.2 Å². The second kappa shape index (κ2) is 11.0. The molecule has 11 heteroatoms. The van der Waals surface area contributed by atoms with Gasteiger partial charge in [-0.2, -0.15) is 0 Å². The second-order valence-corrected chi connectivity index (χ2v) is 10.9. The van der Waals surface area contributed by atoms with Crippen LogP contribution >= 0.6 is 23.4 Å². The average molecular weight is 586 g/mol. The lowest BCUT2D eigenvalue weighted by Gasteiger charge is -2.28. The molecule has 1 aliphatic rings. The minimum Gasteiger partial charge on any atom is -0.495 e. The summed E-state index contributed by atoms with van der Waals surface area (Å²) in [6, 6.07) is 13.7. The van der Waals surface area contributed by atoms with E-state index < -0.39 is 28.8 Å². The number of carbonyl (C=O) groups is 1. The molecular weight excluding hydrogens is 563 g/mol. The monoisotopic (exact) mass is 585 g/mol. The molecule has 4 aromatic rings. The Kier molecular flexibility index (Phi) is 7.65. The first kappa shape index (κ1) is 27.8. The lowest BCUT2D eigenvalue weighted by Crippen LogP contribution is -2.23. The summed E-state index contributed by atoms with van der Waals surface area (Å²) in [7, 11) is 1.54. The highest BCUT2D eigenvalue weighted by Gasteiger charge is 2.31. The Balaban J connectivity index is 1.51. The highest BCUT2D eigenvalue weighted by Crippen LogP contribution is 2.39. The van der Waals surface area contributed by atoms with Crippen molar-refractivity contribution in [3.05, 3.63) is 106 Å². The third-order valence-corrected chi connectivity index (χ3v) is 8.01. The Hall–Kier alpha value is -3.76. The molecule has 0 saturated carbocycles. The molecule has 0 radical (unpaired) electrons. The lowest BCUT2D eigenvalue weighted by atomic mass is 9.81. The van der Waals surface area contributed by atoms with Gasteiger partial charge in [0.15, 0.2) is 5.16 Å². The van der Waals surface area contributed by atoms with Gasteiger partial charge in [0.25, 0.3) is 0 Å². The Labute approximate surface area is 237 Å². The number of hydrogen-bond donors (Lipinski definition) is 0. The molecule has 2 heterocycles. The second-order valence-electron chi connectivity index (χ2n) is 9.60. The zero-order valence-corrected chi connectivity index (χ0v) is 23.2. The van der Waals surface area contributed by atoms with Crippen LogP contribution in [0.5, 0.6) is 5.75 Å². The molecule has 1 aliphatic heterocycles. The quantitative estimate of drug-likeness (QED) is 0.161. The normalized spacial score (nSPS) is 13.4. The van der Waals surface area contributed by atoms with Crippen LogP contribution in [0.15, 0.2) is 71.1 Å². The number of halogens is 4. The van der Waals surface area contributed by atoms with E-state index in [0.29, 0.717) is 21.6 Å². The molecule has 0 unspecified atom stereocenters. The van der Waals surface area contributed by atoms with Gasteiger partial charge in [0.1, 0.15) is 23.2 Å². The van der Waals surface area contributed by atoms with Gasteiger partial charge in [-0.1, -0.05) is 48.4 Å². The van der Waals surface area contributed by atoms with Crippen molar-refractivity contribution in [1.29, 1.82) is 0 Å². The van der Waals surface area contributed by atoms with Crippen LogP contribution in [0.2, 0.25) is 5.02 Å². The molecule has 0 saturated heterocycles. The predicted molar refractivity (Wildman–Crippen MR) is 147 cm³/mol. The molecule has 40 heavy (non-hydrogen) atoms. The summed E-state index contributed by atoms with van der Waals surface area (Å²) in [4.78, 5) is 20.4. The summed E-state index contributed by atoms with van der Waals surface area (Å²) in [6.07, 6.45) is 1.54. The largest absolute Gasteiger partial charge is 0.495 e.